The Hall–Kier alpha value is -1.01. The van der Waals surface area contributed by atoms with Gasteiger partial charge in [0.2, 0.25) is 0 Å². The average molecular weight is 296 g/mol. The van der Waals surface area contributed by atoms with Crippen molar-refractivity contribution in [2.24, 2.45) is 5.92 Å². The molecule has 2 N–H and O–H groups in total. The number of aliphatic hydroxyl groups is 1. The quantitative estimate of drug-likeness (QED) is 0.642. The summed E-state index contributed by atoms with van der Waals surface area (Å²) in [4.78, 5) is 11.3. The number of aromatic nitrogens is 2. The van der Waals surface area contributed by atoms with Gasteiger partial charge in [0.25, 0.3) is 0 Å². The molecule has 0 amide bonds. The minimum Gasteiger partial charge on any atom is -0.393 e. The zero-order chi connectivity index (χ0) is 14.5. The van der Waals surface area contributed by atoms with Crippen LogP contribution in [0.4, 0.5) is 11.6 Å². The number of piperidine rings is 1. The first-order valence-corrected chi connectivity index (χ1v) is 8.46. The monoisotopic (exact) mass is 296 g/mol. The van der Waals surface area contributed by atoms with Gasteiger partial charge in [0.15, 0.2) is 5.16 Å². The van der Waals surface area contributed by atoms with Crippen molar-refractivity contribution in [3.8, 4) is 0 Å². The van der Waals surface area contributed by atoms with E-state index in [1.165, 1.54) is 0 Å². The summed E-state index contributed by atoms with van der Waals surface area (Å²) in [6.07, 6.45) is 3.68. The van der Waals surface area contributed by atoms with Gasteiger partial charge in [0.1, 0.15) is 11.6 Å². The zero-order valence-corrected chi connectivity index (χ0v) is 13.3. The van der Waals surface area contributed by atoms with E-state index >= 15 is 0 Å². The fraction of sp³-hybridized carbons (Fsp3) is 0.714. The van der Waals surface area contributed by atoms with E-state index < -0.39 is 0 Å². The third-order valence-corrected chi connectivity index (χ3v) is 4.16. The highest BCUT2D eigenvalue weighted by Gasteiger charge is 2.25. The highest BCUT2D eigenvalue weighted by Crippen LogP contribution is 2.25. The van der Waals surface area contributed by atoms with Crippen LogP contribution in [-0.4, -0.2) is 47.1 Å². The molecule has 0 bridgehead atoms. The van der Waals surface area contributed by atoms with E-state index in [0.29, 0.717) is 0 Å². The molecule has 1 aliphatic rings. The van der Waals surface area contributed by atoms with Crippen molar-refractivity contribution in [1.29, 1.82) is 0 Å². The molecular weight excluding hydrogens is 272 g/mol. The fourth-order valence-electron chi connectivity index (χ4n) is 2.35. The van der Waals surface area contributed by atoms with Gasteiger partial charge in [0, 0.05) is 25.7 Å². The van der Waals surface area contributed by atoms with E-state index in [0.717, 1.165) is 49.3 Å². The molecule has 2 rings (SSSR count). The standard InChI is InChI=1S/C14H24N4OS/c1-4-6-15-12-8-13(17-14(16-12)20-3)18-7-5-11(19)10(2)9-18/h8,10-11,19H,4-7,9H2,1-3H3,(H,15,16,17). The molecule has 5 nitrogen and oxygen atoms in total. The summed E-state index contributed by atoms with van der Waals surface area (Å²) in [5, 5.41) is 14.0. The number of rotatable bonds is 5. The molecule has 0 radical (unpaired) electrons. The Morgan fingerprint density at radius 1 is 1.50 bits per heavy atom. The van der Waals surface area contributed by atoms with Gasteiger partial charge in [-0.2, -0.15) is 0 Å². The summed E-state index contributed by atoms with van der Waals surface area (Å²) in [6.45, 7) is 6.84. The Balaban J connectivity index is 2.17. The fourth-order valence-corrected chi connectivity index (χ4v) is 2.73. The number of hydrogen-bond donors (Lipinski definition) is 2. The molecule has 0 spiro atoms. The van der Waals surface area contributed by atoms with Crippen molar-refractivity contribution in [1.82, 2.24) is 9.97 Å². The SMILES string of the molecule is CCCNc1cc(N2CCC(O)C(C)C2)nc(SC)n1. The van der Waals surface area contributed by atoms with Gasteiger partial charge in [-0.3, -0.25) is 0 Å². The number of thioether (sulfide) groups is 1. The van der Waals surface area contributed by atoms with Crippen molar-refractivity contribution in [3.05, 3.63) is 6.07 Å². The topological polar surface area (TPSA) is 61.3 Å². The molecule has 1 saturated heterocycles. The lowest BCUT2D eigenvalue weighted by molar-refractivity contribution is 0.0968. The lowest BCUT2D eigenvalue weighted by atomic mass is 9.97. The highest BCUT2D eigenvalue weighted by atomic mass is 32.2. The van der Waals surface area contributed by atoms with Crippen LogP contribution in [0.15, 0.2) is 11.2 Å². The van der Waals surface area contributed by atoms with Crippen LogP contribution in [0.5, 0.6) is 0 Å². The molecule has 1 aromatic rings. The lowest BCUT2D eigenvalue weighted by Gasteiger charge is -2.35. The van der Waals surface area contributed by atoms with E-state index in [2.05, 4.69) is 34.0 Å². The van der Waals surface area contributed by atoms with Gasteiger partial charge in [0.05, 0.1) is 6.10 Å². The number of aliphatic hydroxyl groups excluding tert-OH is 1. The maximum absolute atomic E-state index is 9.84. The smallest absolute Gasteiger partial charge is 0.191 e. The molecule has 0 saturated carbocycles. The van der Waals surface area contributed by atoms with Crippen LogP contribution in [0.1, 0.15) is 26.7 Å². The van der Waals surface area contributed by atoms with Crippen molar-refractivity contribution in [3.63, 3.8) is 0 Å². The molecule has 0 aromatic carbocycles. The molecule has 2 atom stereocenters. The average Bonchev–Trinajstić information content (AvgIpc) is 2.47. The maximum atomic E-state index is 9.84. The maximum Gasteiger partial charge on any atom is 0.191 e. The summed E-state index contributed by atoms with van der Waals surface area (Å²) in [5.74, 6) is 2.13. The van der Waals surface area contributed by atoms with Crippen molar-refractivity contribution in [2.45, 2.75) is 37.9 Å². The van der Waals surface area contributed by atoms with Crippen LogP contribution >= 0.6 is 11.8 Å². The van der Waals surface area contributed by atoms with Crippen LogP contribution in [0.3, 0.4) is 0 Å². The minimum absolute atomic E-state index is 0.189. The van der Waals surface area contributed by atoms with Crippen LogP contribution in [0, 0.1) is 5.92 Å². The lowest BCUT2D eigenvalue weighted by Crippen LogP contribution is -2.42. The molecule has 2 unspecified atom stereocenters. The first-order valence-electron chi connectivity index (χ1n) is 7.24. The molecule has 1 fully saturated rings. The summed E-state index contributed by atoms with van der Waals surface area (Å²) < 4.78 is 0. The Labute approximate surface area is 125 Å². The molecule has 6 heteroatoms. The van der Waals surface area contributed by atoms with E-state index in [1.54, 1.807) is 11.8 Å². The van der Waals surface area contributed by atoms with E-state index in [4.69, 9.17) is 0 Å². The Morgan fingerprint density at radius 2 is 2.30 bits per heavy atom. The van der Waals surface area contributed by atoms with Gasteiger partial charge in [-0.25, -0.2) is 9.97 Å². The van der Waals surface area contributed by atoms with Gasteiger partial charge in [-0.1, -0.05) is 25.6 Å². The number of nitrogens with zero attached hydrogens (tertiary/aromatic N) is 3. The molecular formula is C14H24N4OS. The molecule has 1 aromatic heterocycles. The number of anilines is 2. The molecule has 0 aliphatic carbocycles. The normalized spacial score (nSPS) is 22.9. The minimum atomic E-state index is -0.189. The van der Waals surface area contributed by atoms with E-state index in [1.807, 2.05) is 12.3 Å². The third kappa shape index (κ3) is 3.76. The van der Waals surface area contributed by atoms with Crippen LogP contribution < -0.4 is 10.2 Å². The van der Waals surface area contributed by atoms with Crippen LogP contribution in [0.2, 0.25) is 0 Å². The van der Waals surface area contributed by atoms with E-state index in [9.17, 15) is 5.11 Å². The first kappa shape index (κ1) is 15.4. The Kier molecular flexibility index (Phi) is 5.48. The van der Waals surface area contributed by atoms with Gasteiger partial charge >= 0.3 is 0 Å². The predicted octanol–water partition coefficient (Wildman–Crippen LogP) is 2.23. The Bertz CT molecular complexity index is 443. The van der Waals surface area contributed by atoms with Crippen molar-refractivity contribution in [2.75, 3.05) is 36.1 Å². The molecule has 2 heterocycles. The number of hydrogen-bond acceptors (Lipinski definition) is 6. The molecule has 1 aliphatic heterocycles. The summed E-state index contributed by atoms with van der Waals surface area (Å²) in [6, 6.07) is 2.01. The largest absolute Gasteiger partial charge is 0.393 e. The Morgan fingerprint density at radius 3 is 2.95 bits per heavy atom. The molecule has 112 valence electrons. The summed E-state index contributed by atoms with van der Waals surface area (Å²) >= 11 is 1.56. The zero-order valence-electron chi connectivity index (χ0n) is 12.5. The summed E-state index contributed by atoms with van der Waals surface area (Å²) in [7, 11) is 0. The third-order valence-electron chi connectivity index (χ3n) is 3.61. The second kappa shape index (κ2) is 7.13. The van der Waals surface area contributed by atoms with Crippen LogP contribution in [-0.2, 0) is 0 Å². The van der Waals surface area contributed by atoms with Gasteiger partial charge < -0.3 is 15.3 Å². The predicted molar refractivity (Wildman–Crippen MR) is 84.6 cm³/mol. The summed E-state index contributed by atoms with van der Waals surface area (Å²) in [5.41, 5.74) is 0. The van der Waals surface area contributed by atoms with Gasteiger partial charge in [-0.05, 0) is 25.0 Å². The van der Waals surface area contributed by atoms with Crippen molar-refractivity contribution < 1.29 is 5.11 Å². The van der Waals surface area contributed by atoms with Crippen LogP contribution in [0.25, 0.3) is 0 Å². The number of nitrogens with one attached hydrogen (secondary N) is 1. The van der Waals surface area contributed by atoms with E-state index in [-0.39, 0.29) is 12.0 Å². The second-order valence-corrected chi connectivity index (χ2v) is 6.08. The highest BCUT2D eigenvalue weighted by molar-refractivity contribution is 7.98. The van der Waals surface area contributed by atoms with Gasteiger partial charge in [-0.15, -0.1) is 0 Å². The van der Waals surface area contributed by atoms with Crippen molar-refractivity contribution >= 4 is 23.4 Å². The second-order valence-electron chi connectivity index (χ2n) is 5.30. The molecule has 20 heavy (non-hydrogen) atoms. The first-order chi connectivity index (χ1) is 9.63.